The third-order valence-electron chi connectivity index (χ3n) is 3.20. The summed E-state index contributed by atoms with van der Waals surface area (Å²) in [5, 5.41) is 3.03. The van der Waals surface area contributed by atoms with E-state index in [0.29, 0.717) is 19.0 Å². The molecule has 1 aliphatic carbocycles. The van der Waals surface area contributed by atoms with Crippen molar-refractivity contribution in [2.75, 3.05) is 13.6 Å². The highest BCUT2D eigenvalue weighted by molar-refractivity contribution is 9.10. The van der Waals surface area contributed by atoms with Gasteiger partial charge in [0.15, 0.2) is 0 Å². The van der Waals surface area contributed by atoms with Gasteiger partial charge in [0.1, 0.15) is 0 Å². The summed E-state index contributed by atoms with van der Waals surface area (Å²) in [6.45, 7) is 1.46. The maximum atomic E-state index is 12.2. The third kappa shape index (κ3) is 3.56. The molecule has 0 bridgehead atoms. The number of nitrogens with one attached hydrogen (secondary N) is 1. The molecule has 1 N–H and O–H groups in total. The van der Waals surface area contributed by atoms with Crippen LogP contribution < -0.4 is 5.32 Å². The van der Waals surface area contributed by atoms with Crippen molar-refractivity contribution in [1.82, 2.24) is 10.2 Å². The second kappa shape index (κ2) is 6.34. The van der Waals surface area contributed by atoms with Crippen LogP contribution in [0.1, 0.15) is 24.8 Å². The molecular formula is C14H19BrN2O. The van der Waals surface area contributed by atoms with Gasteiger partial charge in [-0.05, 0) is 31.5 Å². The summed E-state index contributed by atoms with van der Waals surface area (Å²) in [4.78, 5) is 14.2. The van der Waals surface area contributed by atoms with Crippen LogP contribution in [-0.4, -0.2) is 30.4 Å². The molecule has 3 nitrogen and oxygen atoms in total. The summed E-state index contributed by atoms with van der Waals surface area (Å²) in [5.74, 6) is 0.252. The Morgan fingerprint density at radius 3 is 2.78 bits per heavy atom. The van der Waals surface area contributed by atoms with Crippen molar-refractivity contribution >= 4 is 21.8 Å². The van der Waals surface area contributed by atoms with E-state index in [0.717, 1.165) is 23.9 Å². The van der Waals surface area contributed by atoms with Crippen molar-refractivity contribution in [1.29, 1.82) is 0 Å². The minimum absolute atomic E-state index is 0.252. The lowest BCUT2D eigenvalue weighted by atomic mass is 10.2. The fourth-order valence-electron chi connectivity index (χ4n) is 1.99. The predicted octanol–water partition coefficient (Wildman–Crippen LogP) is 2.55. The van der Waals surface area contributed by atoms with E-state index in [2.05, 4.69) is 27.3 Å². The summed E-state index contributed by atoms with van der Waals surface area (Å²) in [6.07, 6.45) is 2.88. The summed E-state index contributed by atoms with van der Waals surface area (Å²) in [6, 6.07) is 8.58. The van der Waals surface area contributed by atoms with Crippen LogP contribution in [0.3, 0.4) is 0 Å². The van der Waals surface area contributed by atoms with E-state index in [4.69, 9.17) is 0 Å². The number of amides is 1. The number of carbonyl (C=O) groups is 1. The molecule has 1 saturated carbocycles. The van der Waals surface area contributed by atoms with Gasteiger partial charge in [0.05, 0.1) is 0 Å². The molecule has 0 spiro atoms. The molecule has 18 heavy (non-hydrogen) atoms. The average molecular weight is 311 g/mol. The summed E-state index contributed by atoms with van der Waals surface area (Å²) < 4.78 is 1.08. The van der Waals surface area contributed by atoms with E-state index >= 15 is 0 Å². The van der Waals surface area contributed by atoms with Crippen molar-refractivity contribution < 1.29 is 4.79 Å². The van der Waals surface area contributed by atoms with Gasteiger partial charge in [-0.1, -0.05) is 34.1 Å². The monoisotopic (exact) mass is 310 g/mol. The molecule has 98 valence electrons. The molecule has 0 heterocycles. The number of hydrogen-bond acceptors (Lipinski definition) is 2. The molecular weight excluding hydrogens is 292 g/mol. The average Bonchev–Trinajstić information content (AvgIpc) is 3.19. The Kier molecular flexibility index (Phi) is 4.78. The lowest BCUT2D eigenvalue weighted by Crippen LogP contribution is -2.34. The first-order chi connectivity index (χ1) is 8.72. The minimum atomic E-state index is 0.252. The smallest absolute Gasteiger partial charge is 0.224 e. The lowest BCUT2D eigenvalue weighted by Gasteiger charge is -2.23. The summed E-state index contributed by atoms with van der Waals surface area (Å²) >= 11 is 3.55. The van der Waals surface area contributed by atoms with E-state index in [1.807, 2.05) is 30.1 Å². The number of rotatable bonds is 6. The Hall–Kier alpha value is -0.870. The largest absolute Gasteiger partial charge is 0.335 e. The number of hydrogen-bond donors (Lipinski definition) is 1. The molecule has 0 aromatic heterocycles. The van der Waals surface area contributed by atoms with Crippen LogP contribution in [0.25, 0.3) is 0 Å². The zero-order valence-electron chi connectivity index (χ0n) is 10.7. The van der Waals surface area contributed by atoms with E-state index < -0.39 is 0 Å². The van der Waals surface area contributed by atoms with Crippen LogP contribution in [0.4, 0.5) is 0 Å². The molecule has 0 aliphatic heterocycles. The third-order valence-corrected chi connectivity index (χ3v) is 3.97. The topological polar surface area (TPSA) is 32.3 Å². The predicted molar refractivity (Wildman–Crippen MR) is 76.3 cm³/mol. The summed E-state index contributed by atoms with van der Waals surface area (Å²) in [7, 11) is 1.88. The first-order valence-electron chi connectivity index (χ1n) is 6.40. The first kappa shape index (κ1) is 13.6. The standard InChI is InChI=1S/C14H19BrN2O/c1-16-9-8-14(18)17(12-6-7-12)10-11-4-2-3-5-13(11)15/h2-5,12,16H,6-10H2,1H3. The van der Waals surface area contributed by atoms with Crippen LogP contribution in [0.15, 0.2) is 28.7 Å². The second-order valence-corrected chi connectivity index (χ2v) is 5.55. The zero-order valence-corrected chi connectivity index (χ0v) is 12.2. The maximum absolute atomic E-state index is 12.2. The van der Waals surface area contributed by atoms with E-state index in [-0.39, 0.29) is 5.91 Å². The lowest BCUT2D eigenvalue weighted by molar-refractivity contribution is -0.132. The minimum Gasteiger partial charge on any atom is -0.335 e. The molecule has 1 aromatic rings. The number of halogens is 1. The van der Waals surface area contributed by atoms with E-state index in [9.17, 15) is 4.79 Å². The van der Waals surface area contributed by atoms with Gasteiger partial charge in [0.25, 0.3) is 0 Å². The van der Waals surface area contributed by atoms with E-state index in [1.54, 1.807) is 0 Å². The second-order valence-electron chi connectivity index (χ2n) is 4.70. The highest BCUT2D eigenvalue weighted by Crippen LogP contribution is 2.30. The number of benzene rings is 1. The number of nitrogens with zero attached hydrogens (tertiary/aromatic N) is 1. The molecule has 2 rings (SSSR count). The highest BCUT2D eigenvalue weighted by Gasteiger charge is 2.32. The van der Waals surface area contributed by atoms with E-state index in [1.165, 1.54) is 5.56 Å². The Balaban J connectivity index is 2.02. The molecule has 0 unspecified atom stereocenters. The van der Waals surface area contributed by atoms with Gasteiger partial charge >= 0.3 is 0 Å². The first-order valence-corrected chi connectivity index (χ1v) is 7.19. The molecule has 4 heteroatoms. The Bertz CT molecular complexity index is 418. The maximum Gasteiger partial charge on any atom is 0.224 e. The van der Waals surface area contributed by atoms with Gasteiger partial charge in [0, 0.05) is 30.0 Å². The van der Waals surface area contributed by atoms with Gasteiger partial charge in [-0.3, -0.25) is 4.79 Å². The SMILES string of the molecule is CNCCC(=O)N(Cc1ccccc1Br)C1CC1. The quantitative estimate of drug-likeness (QED) is 0.876. The van der Waals surface area contributed by atoms with Gasteiger partial charge < -0.3 is 10.2 Å². The van der Waals surface area contributed by atoms with Crippen molar-refractivity contribution in [3.05, 3.63) is 34.3 Å². The Labute approximate surface area is 117 Å². The number of carbonyl (C=O) groups excluding carboxylic acids is 1. The molecule has 1 aromatic carbocycles. The van der Waals surface area contributed by atoms with Crippen molar-refractivity contribution in [3.8, 4) is 0 Å². The van der Waals surface area contributed by atoms with Gasteiger partial charge in [0.2, 0.25) is 5.91 Å². The fourth-order valence-corrected chi connectivity index (χ4v) is 2.40. The van der Waals surface area contributed by atoms with Crippen LogP contribution in [0.5, 0.6) is 0 Å². The zero-order chi connectivity index (χ0) is 13.0. The molecule has 1 aliphatic rings. The Morgan fingerprint density at radius 1 is 1.44 bits per heavy atom. The van der Waals surface area contributed by atoms with Crippen molar-refractivity contribution in [2.45, 2.75) is 31.8 Å². The van der Waals surface area contributed by atoms with Crippen LogP contribution >= 0.6 is 15.9 Å². The van der Waals surface area contributed by atoms with Gasteiger partial charge in [-0.2, -0.15) is 0 Å². The molecule has 1 fully saturated rings. The highest BCUT2D eigenvalue weighted by atomic mass is 79.9. The molecule has 0 atom stereocenters. The van der Waals surface area contributed by atoms with Crippen LogP contribution in [0, 0.1) is 0 Å². The Morgan fingerprint density at radius 2 is 2.17 bits per heavy atom. The van der Waals surface area contributed by atoms with Crippen molar-refractivity contribution in [2.24, 2.45) is 0 Å². The van der Waals surface area contributed by atoms with Gasteiger partial charge in [-0.15, -0.1) is 0 Å². The van der Waals surface area contributed by atoms with Crippen molar-refractivity contribution in [3.63, 3.8) is 0 Å². The normalized spacial score (nSPS) is 14.6. The van der Waals surface area contributed by atoms with Crippen LogP contribution in [0.2, 0.25) is 0 Å². The summed E-state index contributed by atoms with van der Waals surface area (Å²) in [5.41, 5.74) is 1.18. The van der Waals surface area contributed by atoms with Gasteiger partial charge in [-0.25, -0.2) is 0 Å². The fraction of sp³-hybridized carbons (Fsp3) is 0.500. The molecule has 0 radical (unpaired) electrons. The molecule has 1 amide bonds. The molecule has 0 saturated heterocycles. The van der Waals surface area contributed by atoms with Crippen LogP contribution in [-0.2, 0) is 11.3 Å².